The van der Waals surface area contributed by atoms with E-state index in [4.69, 9.17) is 9.47 Å². The number of hydrogen-bond donors (Lipinski definition) is 0. The molecule has 0 spiro atoms. The second kappa shape index (κ2) is 7.65. The predicted molar refractivity (Wildman–Crippen MR) is 99.2 cm³/mol. The lowest BCUT2D eigenvalue weighted by Gasteiger charge is -2.28. The molecule has 0 aliphatic carbocycles. The Morgan fingerprint density at radius 3 is 2.67 bits per heavy atom. The van der Waals surface area contributed by atoms with E-state index in [9.17, 15) is 14.4 Å². The summed E-state index contributed by atoms with van der Waals surface area (Å²) in [4.78, 5) is 38.0. The number of amides is 1. The van der Waals surface area contributed by atoms with Gasteiger partial charge in [-0.1, -0.05) is 12.1 Å². The van der Waals surface area contributed by atoms with Gasteiger partial charge in [-0.3, -0.25) is 19.3 Å². The van der Waals surface area contributed by atoms with Crippen molar-refractivity contribution < 1.29 is 23.9 Å². The molecule has 2 aromatic rings. The van der Waals surface area contributed by atoms with Crippen molar-refractivity contribution in [3.8, 4) is 5.75 Å². The normalized spacial score (nSPS) is 13.1. The number of anilines is 1. The van der Waals surface area contributed by atoms with Crippen LogP contribution >= 0.6 is 0 Å². The average molecular weight is 370 g/mol. The highest BCUT2D eigenvalue weighted by Crippen LogP contribution is 2.31. The Hall–Kier alpha value is -3.09. The highest BCUT2D eigenvalue weighted by atomic mass is 16.5. The van der Waals surface area contributed by atoms with Gasteiger partial charge in [0.2, 0.25) is 5.78 Å². The lowest BCUT2D eigenvalue weighted by Crippen LogP contribution is -2.42. The van der Waals surface area contributed by atoms with Gasteiger partial charge in [0.1, 0.15) is 12.3 Å². The van der Waals surface area contributed by atoms with Gasteiger partial charge < -0.3 is 14.0 Å². The van der Waals surface area contributed by atoms with Crippen LogP contribution in [0.3, 0.4) is 0 Å². The molecule has 1 aromatic heterocycles. The zero-order valence-electron chi connectivity index (χ0n) is 15.7. The Morgan fingerprint density at radius 2 is 1.96 bits per heavy atom. The Kier molecular flexibility index (Phi) is 5.30. The molecule has 0 radical (unpaired) electrons. The predicted octanol–water partition coefficient (Wildman–Crippen LogP) is 2.28. The molecule has 7 nitrogen and oxygen atoms in total. The molecular weight excluding hydrogens is 348 g/mol. The number of Topliss-reactive ketones (excluding diaryl/α,β-unsaturated/α-hetero) is 1. The maximum atomic E-state index is 12.4. The molecule has 3 rings (SSSR count). The average Bonchev–Trinajstić information content (AvgIpc) is 2.95. The number of carbonyl (C=O) groups excluding carboxylic acids is 3. The SMILES string of the molecule is CCn1c(C)cc(C(=O)COC(=O)CN2C(=O)COc3ccccc32)c1C. The number of ether oxygens (including phenoxy) is 2. The van der Waals surface area contributed by atoms with E-state index in [0.717, 1.165) is 17.9 Å². The third-order valence-electron chi connectivity index (χ3n) is 4.65. The first-order valence-electron chi connectivity index (χ1n) is 8.80. The Bertz CT molecular complexity index is 900. The lowest BCUT2D eigenvalue weighted by atomic mass is 10.1. The van der Waals surface area contributed by atoms with Crippen molar-refractivity contribution in [2.24, 2.45) is 0 Å². The minimum atomic E-state index is -0.641. The van der Waals surface area contributed by atoms with E-state index in [1.165, 1.54) is 4.90 Å². The Morgan fingerprint density at radius 1 is 1.22 bits per heavy atom. The summed E-state index contributed by atoms with van der Waals surface area (Å²) in [6, 6.07) is 8.77. The number of esters is 1. The molecule has 1 aliphatic heterocycles. The van der Waals surface area contributed by atoms with E-state index in [-0.39, 0.29) is 31.4 Å². The van der Waals surface area contributed by atoms with Gasteiger partial charge in [-0.2, -0.15) is 0 Å². The lowest BCUT2D eigenvalue weighted by molar-refractivity contribution is -0.142. The van der Waals surface area contributed by atoms with Crippen LogP contribution < -0.4 is 9.64 Å². The second-order valence-electron chi connectivity index (χ2n) is 6.35. The zero-order valence-corrected chi connectivity index (χ0v) is 15.7. The third-order valence-corrected chi connectivity index (χ3v) is 4.65. The maximum absolute atomic E-state index is 12.4. The van der Waals surface area contributed by atoms with Crippen molar-refractivity contribution in [3.63, 3.8) is 0 Å². The summed E-state index contributed by atoms with van der Waals surface area (Å²) in [5.74, 6) is -0.695. The van der Waals surface area contributed by atoms with E-state index in [2.05, 4.69) is 0 Å². The highest BCUT2D eigenvalue weighted by Gasteiger charge is 2.28. The largest absolute Gasteiger partial charge is 0.482 e. The molecule has 1 amide bonds. The molecule has 0 unspecified atom stereocenters. The number of para-hydroxylation sites is 2. The zero-order chi connectivity index (χ0) is 19.6. The van der Waals surface area contributed by atoms with Gasteiger partial charge in [-0.05, 0) is 39.0 Å². The van der Waals surface area contributed by atoms with Crippen LogP contribution in [0.25, 0.3) is 0 Å². The summed E-state index contributed by atoms with van der Waals surface area (Å²) in [5.41, 5.74) is 2.91. The fraction of sp³-hybridized carbons (Fsp3) is 0.350. The molecule has 7 heteroatoms. The number of fused-ring (bicyclic) bond motifs is 1. The molecule has 1 aliphatic rings. The van der Waals surface area contributed by atoms with Crippen molar-refractivity contribution in [2.45, 2.75) is 27.3 Å². The molecule has 0 bridgehead atoms. The standard InChI is InChI=1S/C20H22N2O5/c1-4-21-13(2)9-15(14(21)3)17(23)11-27-20(25)10-22-16-7-5-6-8-18(16)26-12-19(22)24/h5-9H,4,10-12H2,1-3H3. The van der Waals surface area contributed by atoms with Crippen molar-refractivity contribution in [1.29, 1.82) is 0 Å². The van der Waals surface area contributed by atoms with E-state index in [0.29, 0.717) is 17.0 Å². The van der Waals surface area contributed by atoms with Crippen LogP contribution in [0.15, 0.2) is 30.3 Å². The van der Waals surface area contributed by atoms with Crippen LogP contribution in [0.2, 0.25) is 0 Å². The van der Waals surface area contributed by atoms with Gasteiger partial charge >= 0.3 is 5.97 Å². The molecule has 0 saturated heterocycles. The first kappa shape index (κ1) is 18.7. The third kappa shape index (κ3) is 3.72. The fourth-order valence-corrected chi connectivity index (χ4v) is 3.30. The highest BCUT2D eigenvalue weighted by molar-refractivity contribution is 6.02. The summed E-state index contributed by atoms with van der Waals surface area (Å²) in [6.07, 6.45) is 0. The number of rotatable bonds is 6. The van der Waals surface area contributed by atoms with Crippen LogP contribution in [0, 0.1) is 13.8 Å². The van der Waals surface area contributed by atoms with Crippen molar-refractivity contribution in [1.82, 2.24) is 4.57 Å². The molecule has 0 saturated carbocycles. The van der Waals surface area contributed by atoms with Gasteiger partial charge in [0.15, 0.2) is 13.2 Å². The number of benzene rings is 1. The van der Waals surface area contributed by atoms with E-state index >= 15 is 0 Å². The van der Waals surface area contributed by atoms with Gasteiger partial charge in [-0.25, -0.2) is 0 Å². The molecule has 1 aromatic carbocycles. The molecule has 0 atom stereocenters. The molecule has 142 valence electrons. The van der Waals surface area contributed by atoms with Crippen molar-refractivity contribution in [2.75, 3.05) is 24.7 Å². The minimum absolute atomic E-state index is 0.133. The Labute approximate surface area is 157 Å². The number of nitrogens with zero attached hydrogens (tertiary/aromatic N) is 2. The summed E-state index contributed by atoms with van der Waals surface area (Å²) >= 11 is 0. The van der Waals surface area contributed by atoms with E-state index < -0.39 is 5.97 Å². The minimum Gasteiger partial charge on any atom is -0.482 e. The van der Waals surface area contributed by atoms with Crippen molar-refractivity contribution >= 4 is 23.3 Å². The fourth-order valence-electron chi connectivity index (χ4n) is 3.30. The molecule has 2 heterocycles. The molecule has 0 N–H and O–H groups in total. The number of hydrogen-bond acceptors (Lipinski definition) is 5. The summed E-state index contributed by atoms with van der Waals surface area (Å²) in [7, 11) is 0. The van der Waals surface area contributed by atoms with Crippen LogP contribution in [0.1, 0.15) is 28.7 Å². The monoisotopic (exact) mass is 370 g/mol. The number of carbonyl (C=O) groups is 3. The van der Waals surface area contributed by atoms with Gasteiger partial charge in [0.25, 0.3) is 5.91 Å². The molecule has 0 fully saturated rings. The van der Waals surface area contributed by atoms with E-state index in [1.807, 2.05) is 25.3 Å². The van der Waals surface area contributed by atoms with Gasteiger partial charge in [0, 0.05) is 23.5 Å². The van der Waals surface area contributed by atoms with Crippen LogP contribution in [-0.2, 0) is 20.9 Å². The summed E-state index contributed by atoms with van der Waals surface area (Å²) in [5, 5.41) is 0. The quantitative estimate of drug-likeness (QED) is 0.576. The van der Waals surface area contributed by atoms with E-state index in [1.54, 1.807) is 30.3 Å². The first-order valence-corrected chi connectivity index (χ1v) is 8.80. The van der Waals surface area contributed by atoms with Gasteiger partial charge in [0.05, 0.1) is 5.69 Å². The van der Waals surface area contributed by atoms with Crippen LogP contribution in [0.5, 0.6) is 5.75 Å². The molecule has 27 heavy (non-hydrogen) atoms. The molecular formula is C20H22N2O5. The maximum Gasteiger partial charge on any atom is 0.326 e. The van der Waals surface area contributed by atoms with Crippen LogP contribution in [0.4, 0.5) is 5.69 Å². The first-order chi connectivity index (χ1) is 12.9. The number of aromatic nitrogens is 1. The number of aryl methyl sites for hydroxylation is 1. The van der Waals surface area contributed by atoms with Crippen molar-refractivity contribution in [3.05, 3.63) is 47.3 Å². The summed E-state index contributed by atoms with van der Waals surface area (Å²) in [6.45, 7) is 5.82. The number of ketones is 1. The van der Waals surface area contributed by atoms with Crippen LogP contribution in [-0.4, -0.2) is 42.0 Å². The Balaban J connectivity index is 1.64. The van der Waals surface area contributed by atoms with Gasteiger partial charge in [-0.15, -0.1) is 0 Å². The summed E-state index contributed by atoms with van der Waals surface area (Å²) < 4.78 is 12.5. The second-order valence-corrected chi connectivity index (χ2v) is 6.35. The smallest absolute Gasteiger partial charge is 0.326 e. The topological polar surface area (TPSA) is 77.8 Å².